The molecule has 15 rings (SSSR count). The van der Waals surface area contributed by atoms with Crippen molar-refractivity contribution < 1.29 is 0 Å². The van der Waals surface area contributed by atoms with Crippen LogP contribution in [0, 0.1) is 0 Å². The summed E-state index contributed by atoms with van der Waals surface area (Å²) in [5.74, 6) is 0. The average Bonchev–Trinajstić information content (AvgIpc) is 3.96. The first-order chi connectivity index (χ1) is 34.8. The molecule has 4 heteroatoms. The molecule has 13 aromatic rings. The fraction of sp³-hybridized carbons (Fsp3) is 0. The molecule has 11 aromatic carbocycles. The minimum Gasteiger partial charge on any atom is -0.310 e. The minimum atomic E-state index is -0.0232. The highest BCUT2D eigenvalue weighted by Crippen LogP contribution is 2.44. The van der Waals surface area contributed by atoms with Crippen LogP contribution in [0.2, 0.25) is 0 Å². The zero-order valence-corrected chi connectivity index (χ0v) is 38.3. The Balaban J connectivity index is 1.05. The van der Waals surface area contributed by atoms with Gasteiger partial charge in [0.25, 0.3) is 0 Å². The smallest absolute Gasteiger partial charge is 0.248 e. The first-order valence-corrected chi connectivity index (χ1v) is 24.5. The molecule has 0 atom stereocenters. The van der Waals surface area contributed by atoms with Crippen molar-refractivity contribution in [3.05, 3.63) is 255 Å². The highest BCUT2D eigenvalue weighted by Gasteiger charge is 2.39. The zero-order chi connectivity index (χ0) is 45.9. The molecular weight excluding hydrogens is 842 g/mol. The highest BCUT2D eigenvalue weighted by molar-refractivity contribution is 7.00. The van der Waals surface area contributed by atoms with E-state index in [1.807, 2.05) is 0 Å². The van der Waals surface area contributed by atoms with Gasteiger partial charge >= 0.3 is 0 Å². The lowest BCUT2D eigenvalue weighted by Crippen LogP contribution is -2.57. The Kier molecular flexibility index (Phi) is 8.58. The maximum Gasteiger partial charge on any atom is 0.248 e. The van der Waals surface area contributed by atoms with Gasteiger partial charge in [0.15, 0.2) is 0 Å². The van der Waals surface area contributed by atoms with Gasteiger partial charge in [-0.3, -0.25) is 0 Å². The van der Waals surface area contributed by atoms with Crippen molar-refractivity contribution in [2.75, 3.05) is 0 Å². The van der Waals surface area contributed by atoms with E-state index in [-0.39, 0.29) is 13.4 Å². The van der Waals surface area contributed by atoms with Crippen LogP contribution >= 0.6 is 0 Å². The molecule has 0 saturated heterocycles. The Labute approximate surface area is 407 Å². The van der Waals surface area contributed by atoms with E-state index in [0.29, 0.717) is 0 Å². The third-order valence-electron chi connectivity index (χ3n) is 15.5. The maximum atomic E-state index is 2.59. The molecule has 2 nitrogen and oxygen atoms in total. The second-order valence-electron chi connectivity index (χ2n) is 19.0. The third-order valence-corrected chi connectivity index (χ3v) is 15.5. The Morgan fingerprint density at radius 2 is 0.543 bits per heavy atom. The van der Waals surface area contributed by atoms with Gasteiger partial charge in [-0.05, 0) is 90.6 Å². The van der Waals surface area contributed by atoms with E-state index in [9.17, 15) is 0 Å². The van der Waals surface area contributed by atoms with Crippen LogP contribution in [0.5, 0.6) is 0 Å². The van der Waals surface area contributed by atoms with Crippen molar-refractivity contribution in [2.24, 2.45) is 0 Å². The molecule has 0 radical (unpaired) electrons. The van der Waals surface area contributed by atoms with Gasteiger partial charge in [-0.15, -0.1) is 0 Å². The summed E-state index contributed by atoms with van der Waals surface area (Å²) < 4.78 is 5.18. The van der Waals surface area contributed by atoms with E-state index < -0.39 is 0 Å². The molecule has 0 amide bonds. The highest BCUT2D eigenvalue weighted by atomic mass is 15.0. The molecule has 0 unspecified atom stereocenters. The van der Waals surface area contributed by atoms with Crippen LogP contribution in [0.3, 0.4) is 0 Å². The summed E-state index contributed by atoms with van der Waals surface area (Å²) in [6, 6.07) is 95.0. The molecule has 322 valence electrons. The number of nitrogens with zero attached hydrogens (tertiary/aromatic N) is 2. The van der Waals surface area contributed by atoms with E-state index >= 15 is 0 Å². The lowest BCUT2D eigenvalue weighted by molar-refractivity contribution is 1.18. The summed E-state index contributed by atoms with van der Waals surface area (Å²) in [5, 5.41) is 5.17. The Morgan fingerprint density at radius 3 is 0.900 bits per heavy atom. The van der Waals surface area contributed by atoms with Gasteiger partial charge in [0, 0.05) is 44.0 Å². The molecule has 70 heavy (non-hydrogen) atoms. The van der Waals surface area contributed by atoms with Crippen LogP contribution < -0.4 is 32.8 Å². The van der Waals surface area contributed by atoms with Gasteiger partial charge in [-0.1, -0.05) is 241 Å². The van der Waals surface area contributed by atoms with Crippen LogP contribution in [-0.2, 0) is 0 Å². The topological polar surface area (TPSA) is 9.86 Å². The van der Waals surface area contributed by atoms with Crippen molar-refractivity contribution in [3.63, 3.8) is 0 Å². The van der Waals surface area contributed by atoms with Crippen LogP contribution in [0.25, 0.3) is 99.5 Å². The summed E-state index contributed by atoms with van der Waals surface area (Å²) in [6.07, 6.45) is 0. The summed E-state index contributed by atoms with van der Waals surface area (Å²) in [6.45, 7) is -0.0463. The molecule has 2 aromatic heterocycles. The van der Waals surface area contributed by atoms with E-state index in [4.69, 9.17) is 0 Å². The fourth-order valence-electron chi connectivity index (χ4n) is 12.8. The lowest BCUT2D eigenvalue weighted by Gasteiger charge is -2.30. The predicted molar refractivity (Wildman–Crippen MR) is 299 cm³/mol. The molecule has 0 fully saturated rings. The van der Waals surface area contributed by atoms with Crippen LogP contribution in [0.15, 0.2) is 255 Å². The van der Waals surface area contributed by atoms with E-state index in [1.165, 1.54) is 132 Å². The number of rotatable bonds is 6. The van der Waals surface area contributed by atoms with Crippen molar-refractivity contribution in [2.45, 2.75) is 0 Å². The van der Waals surface area contributed by atoms with Crippen molar-refractivity contribution in [1.82, 2.24) is 9.13 Å². The van der Waals surface area contributed by atoms with E-state index in [2.05, 4.69) is 264 Å². The van der Waals surface area contributed by atoms with Crippen LogP contribution in [0.1, 0.15) is 0 Å². The van der Waals surface area contributed by atoms with Gasteiger partial charge in [-0.25, -0.2) is 0 Å². The summed E-state index contributed by atoms with van der Waals surface area (Å²) in [5.41, 5.74) is 25.4. The van der Waals surface area contributed by atoms with E-state index in [0.717, 1.165) is 0 Å². The normalized spacial score (nSPS) is 12.5. The quantitative estimate of drug-likeness (QED) is 0.147. The standard InChI is InChI=1S/C66H42B2N2/c1-5-21-43(22-6-1)47-29-17-30-48(44-23-7-2-8-24-44)63(47)67-53-35-13-15-39-57(53)69-59-41-42-60-62(61(59)51-33-19-37-55(67)65(51)69)52-34-20-38-56-66(52)70(60)58-40-16-14-36-54(58)68(56)64-49(45-25-9-3-10-26-45)31-18-32-50(64)46-27-11-4-12-28-46/h1-42H. The fourth-order valence-corrected chi connectivity index (χ4v) is 12.8. The second-order valence-corrected chi connectivity index (χ2v) is 19.0. The van der Waals surface area contributed by atoms with Crippen LogP contribution in [0.4, 0.5) is 0 Å². The lowest BCUT2D eigenvalue weighted by atomic mass is 9.34. The van der Waals surface area contributed by atoms with Crippen LogP contribution in [-0.4, -0.2) is 22.6 Å². The van der Waals surface area contributed by atoms with Crippen molar-refractivity contribution in [3.8, 4) is 55.9 Å². The Morgan fingerprint density at radius 1 is 0.243 bits per heavy atom. The molecular formula is C66H42B2N2. The Bertz CT molecular complexity index is 3840. The summed E-state index contributed by atoms with van der Waals surface area (Å²) >= 11 is 0. The second kappa shape index (κ2) is 15.3. The molecule has 0 bridgehead atoms. The van der Waals surface area contributed by atoms with E-state index in [1.54, 1.807) is 0 Å². The molecule has 2 aliphatic heterocycles. The predicted octanol–water partition coefficient (Wildman–Crippen LogP) is 12.2. The first kappa shape index (κ1) is 39.2. The van der Waals surface area contributed by atoms with Gasteiger partial charge < -0.3 is 9.13 Å². The van der Waals surface area contributed by atoms with Gasteiger partial charge in [0.05, 0.1) is 11.0 Å². The molecule has 0 aliphatic carbocycles. The number of benzene rings is 11. The molecule has 4 heterocycles. The molecule has 0 N–H and O–H groups in total. The summed E-state index contributed by atoms with van der Waals surface area (Å²) in [7, 11) is 0. The minimum absolute atomic E-state index is 0.0232. The van der Waals surface area contributed by atoms with Crippen molar-refractivity contribution in [1.29, 1.82) is 0 Å². The number of aromatic nitrogens is 2. The number of hydrogen-bond acceptors (Lipinski definition) is 0. The number of fused-ring (bicyclic) bond motifs is 11. The van der Waals surface area contributed by atoms with Gasteiger partial charge in [-0.2, -0.15) is 0 Å². The number of para-hydroxylation sites is 4. The SMILES string of the molecule is c1ccc(-c2cccc(-c3ccccc3)c2B2c3ccccc3-n3c4ccc5c(c6cccc7c6n5-c5ccccc5B7c5c(-c6ccccc6)cccc5-c5ccccc5)c4c4cccc2c43)cc1. The monoisotopic (exact) mass is 884 g/mol. The van der Waals surface area contributed by atoms with Gasteiger partial charge in [0.1, 0.15) is 0 Å². The molecule has 0 saturated carbocycles. The largest absolute Gasteiger partial charge is 0.310 e. The van der Waals surface area contributed by atoms with Gasteiger partial charge in [0.2, 0.25) is 13.4 Å². The zero-order valence-electron chi connectivity index (χ0n) is 38.3. The maximum absolute atomic E-state index is 2.59. The third kappa shape index (κ3) is 5.53. The van der Waals surface area contributed by atoms with Crippen molar-refractivity contribution >= 4 is 89.8 Å². The average molecular weight is 885 g/mol. The molecule has 2 aliphatic rings. The molecule has 0 spiro atoms. The summed E-state index contributed by atoms with van der Waals surface area (Å²) in [4.78, 5) is 0. The Hall–Kier alpha value is -8.85. The first-order valence-electron chi connectivity index (χ1n) is 24.5. The number of hydrogen-bond donors (Lipinski definition) is 0.